The number of thioether (sulfide) groups is 1. The fourth-order valence-electron chi connectivity index (χ4n) is 2.68. The van der Waals surface area contributed by atoms with Crippen molar-refractivity contribution in [2.45, 2.75) is 32.2 Å². The Bertz CT molecular complexity index is 784. The van der Waals surface area contributed by atoms with Crippen molar-refractivity contribution in [3.05, 3.63) is 70.5 Å². The van der Waals surface area contributed by atoms with Gasteiger partial charge in [0.25, 0.3) is 0 Å². The normalized spacial score (nSPS) is 11.7. The van der Waals surface area contributed by atoms with E-state index in [4.69, 9.17) is 11.6 Å². The van der Waals surface area contributed by atoms with E-state index in [1.807, 2.05) is 37.3 Å². The van der Waals surface area contributed by atoms with Crippen LogP contribution >= 0.6 is 23.4 Å². The SMILES string of the molecule is CCNC(=O)C(C)N(Cc1ccccc1)C(=O)CSCc1c(F)cccc1Cl. The van der Waals surface area contributed by atoms with Crippen LogP contribution in [-0.4, -0.2) is 35.1 Å². The average Bonchev–Trinajstić information content (AvgIpc) is 2.68. The molecule has 0 saturated carbocycles. The van der Waals surface area contributed by atoms with Crippen molar-refractivity contribution in [3.63, 3.8) is 0 Å². The summed E-state index contributed by atoms with van der Waals surface area (Å²) in [7, 11) is 0. The number of likely N-dealkylation sites (N-methyl/N-ethyl adjacent to an activating group) is 1. The van der Waals surface area contributed by atoms with Crippen LogP contribution in [0.3, 0.4) is 0 Å². The molecule has 0 aliphatic heterocycles. The first kappa shape index (κ1) is 22.2. The smallest absolute Gasteiger partial charge is 0.242 e. The van der Waals surface area contributed by atoms with Crippen LogP contribution in [-0.2, 0) is 21.9 Å². The lowest BCUT2D eigenvalue weighted by molar-refractivity contribution is -0.138. The molecule has 0 aliphatic rings. The fraction of sp³-hybridized carbons (Fsp3) is 0.333. The number of carbonyl (C=O) groups is 2. The number of benzene rings is 2. The minimum absolute atomic E-state index is 0.126. The number of hydrogen-bond acceptors (Lipinski definition) is 3. The molecular weight excluding hydrogens is 399 g/mol. The maximum absolute atomic E-state index is 13.9. The van der Waals surface area contributed by atoms with E-state index in [1.165, 1.54) is 17.8 Å². The van der Waals surface area contributed by atoms with Gasteiger partial charge in [-0.25, -0.2) is 4.39 Å². The molecule has 0 radical (unpaired) electrons. The third kappa shape index (κ3) is 6.24. The number of nitrogens with one attached hydrogen (secondary N) is 1. The lowest BCUT2D eigenvalue weighted by Gasteiger charge is -2.28. The summed E-state index contributed by atoms with van der Waals surface area (Å²) < 4.78 is 13.9. The number of amides is 2. The molecule has 2 aromatic rings. The lowest BCUT2D eigenvalue weighted by Crippen LogP contribution is -2.48. The quantitative estimate of drug-likeness (QED) is 0.656. The Morgan fingerprint density at radius 2 is 1.89 bits per heavy atom. The number of halogens is 2. The standard InChI is InChI=1S/C21H24ClFN2O2S/c1-3-24-21(27)15(2)25(12-16-8-5-4-6-9-16)20(26)14-28-13-17-18(22)10-7-11-19(17)23/h4-11,15H,3,12-14H2,1-2H3,(H,24,27). The van der Waals surface area contributed by atoms with Crippen LogP contribution in [0.5, 0.6) is 0 Å². The third-order valence-electron chi connectivity index (χ3n) is 4.25. The molecule has 28 heavy (non-hydrogen) atoms. The molecule has 0 fully saturated rings. The van der Waals surface area contributed by atoms with Crippen molar-refractivity contribution in [1.29, 1.82) is 0 Å². The molecule has 0 spiro atoms. The van der Waals surface area contributed by atoms with E-state index in [0.29, 0.717) is 23.7 Å². The summed E-state index contributed by atoms with van der Waals surface area (Å²) in [5, 5.41) is 3.10. The maximum atomic E-state index is 13.9. The number of hydrogen-bond donors (Lipinski definition) is 1. The van der Waals surface area contributed by atoms with E-state index in [9.17, 15) is 14.0 Å². The van der Waals surface area contributed by atoms with E-state index in [2.05, 4.69) is 5.32 Å². The molecule has 1 atom stereocenters. The van der Waals surface area contributed by atoms with Gasteiger partial charge in [0.2, 0.25) is 11.8 Å². The minimum Gasteiger partial charge on any atom is -0.355 e. The van der Waals surface area contributed by atoms with Gasteiger partial charge in [0.15, 0.2) is 0 Å². The molecule has 150 valence electrons. The van der Waals surface area contributed by atoms with Crippen LogP contribution in [0.25, 0.3) is 0 Å². The Kier molecular flexibility index (Phi) is 8.80. The lowest BCUT2D eigenvalue weighted by atomic mass is 10.1. The van der Waals surface area contributed by atoms with Gasteiger partial charge in [-0.05, 0) is 31.5 Å². The van der Waals surface area contributed by atoms with Crippen molar-refractivity contribution in [2.24, 2.45) is 0 Å². The molecule has 4 nitrogen and oxygen atoms in total. The molecule has 2 aromatic carbocycles. The molecule has 0 aliphatic carbocycles. The molecule has 0 aromatic heterocycles. The fourth-order valence-corrected chi connectivity index (χ4v) is 3.93. The number of carbonyl (C=O) groups excluding carboxylic acids is 2. The van der Waals surface area contributed by atoms with Gasteiger partial charge in [-0.1, -0.05) is 48.0 Å². The van der Waals surface area contributed by atoms with Crippen molar-refractivity contribution < 1.29 is 14.0 Å². The molecule has 0 heterocycles. The van der Waals surface area contributed by atoms with Crippen LogP contribution in [0.1, 0.15) is 25.0 Å². The molecule has 2 rings (SSSR count). The van der Waals surface area contributed by atoms with Gasteiger partial charge >= 0.3 is 0 Å². The summed E-state index contributed by atoms with van der Waals surface area (Å²) >= 11 is 7.32. The zero-order valence-electron chi connectivity index (χ0n) is 16.0. The van der Waals surface area contributed by atoms with Crippen molar-refractivity contribution >= 4 is 35.2 Å². The molecule has 0 saturated heterocycles. The average molecular weight is 423 g/mol. The van der Waals surface area contributed by atoms with Crippen LogP contribution in [0, 0.1) is 5.82 Å². The molecule has 0 bridgehead atoms. The topological polar surface area (TPSA) is 49.4 Å². The highest BCUT2D eigenvalue weighted by atomic mass is 35.5. The second kappa shape index (κ2) is 11.1. The summed E-state index contributed by atoms with van der Waals surface area (Å²) in [5.41, 5.74) is 1.32. The molecule has 2 amide bonds. The highest BCUT2D eigenvalue weighted by Crippen LogP contribution is 2.24. The molecule has 7 heteroatoms. The Morgan fingerprint density at radius 1 is 1.18 bits per heavy atom. The molecule has 1 N–H and O–H groups in total. The number of rotatable bonds is 9. The summed E-state index contributed by atoms with van der Waals surface area (Å²) in [6.07, 6.45) is 0. The summed E-state index contributed by atoms with van der Waals surface area (Å²) in [6.45, 7) is 4.38. The summed E-state index contributed by atoms with van der Waals surface area (Å²) in [5.74, 6) is -0.356. The Morgan fingerprint density at radius 3 is 2.54 bits per heavy atom. The van der Waals surface area contributed by atoms with Gasteiger partial charge in [-0.15, -0.1) is 11.8 Å². The predicted octanol–water partition coefficient (Wildman–Crippen LogP) is 4.27. The monoisotopic (exact) mass is 422 g/mol. The second-order valence-corrected chi connectivity index (χ2v) is 7.66. The van der Waals surface area contributed by atoms with Crippen LogP contribution < -0.4 is 5.32 Å². The number of nitrogens with zero attached hydrogens (tertiary/aromatic N) is 1. The first-order chi connectivity index (χ1) is 13.4. The van der Waals surface area contributed by atoms with Crippen molar-refractivity contribution in [1.82, 2.24) is 10.2 Å². The van der Waals surface area contributed by atoms with Gasteiger partial charge in [-0.2, -0.15) is 0 Å². The van der Waals surface area contributed by atoms with Crippen LogP contribution in [0.4, 0.5) is 4.39 Å². The Labute approximate surface area is 174 Å². The molecule has 1 unspecified atom stereocenters. The highest BCUT2D eigenvalue weighted by molar-refractivity contribution is 7.99. The van der Waals surface area contributed by atoms with Gasteiger partial charge in [0.05, 0.1) is 5.75 Å². The van der Waals surface area contributed by atoms with Gasteiger partial charge in [0, 0.05) is 29.4 Å². The first-order valence-corrected chi connectivity index (χ1v) is 10.6. The molecular formula is C21H24ClFN2O2S. The van der Waals surface area contributed by atoms with Gasteiger partial charge in [-0.3, -0.25) is 9.59 Å². The second-order valence-electron chi connectivity index (χ2n) is 6.27. The first-order valence-electron chi connectivity index (χ1n) is 9.05. The zero-order chi connectivity index (χ0) is 20.5. The van der Waals surface area contributed by atoms with Gasteiger partial charge < -0.3 is 10.2 Å². The summed E-state index contributed by atoms with van der Waals surface area (Å²) in [4.78, 5) is 26.7. The van der Waals surface area contributed by atoms with E-state index in [-0.39, 0.29) is 29.1 Å². The van der Waals surface area contributed by atoms with Crippen LogP contribution in [0.15, 0.2) is 48.5 Å². The summed E-state index contributed by atoms with van der Waals surface area (Å²) in [6, 6.07) is 13.4. The van der Waals surface area contributed by atoms with E-state index in [1.54, 1.807) is 24.0 Å². The van der Waals surface area contributed by atoms with E-state index in [0.717, 1.165) is 5.56 Å². The van der Waals surface area contributed by atoms with Crippen LogP contribution in [0.2, 0.25) is 5.02 Å². The van der Waals surface area contributed by atoms with E-state index >= 15 is 0 Å². The minimum atomic E-state index is -0.606. The third-order valence-corrected chi connectivity index (χ3v) is 5.55. The Balaban J connectivity index is 2.06. The largest absolute Gasteiger partial charge is 0.355 e. The van der Waals surface area contributed by atoms with Crippen molar-refractivity contribution in [3.8, 4) is 0 Å². The zero-order valence-corrected chi connectivity index (χ0v) is 17.5. The van der Waals surface area contributed by atoms with E-state index < -0.39 is 6.04 Å². The predicted molar refractivity (Wildman–Crippen MR) is 113 cm³/mol. The highest BCUT2D eigenvalue weighted by Gasteiger charge is 2.25. The van der Waals surface area contributed by atoms with Gasteiger partial charge in [0.1, 0.15) is 11.9 Å². The van der Waals surface area contributed by atoms with Crippen molar-refractivity contribution in [2.75, 3.05) is 12.3 Å². The maximum Gasteiger partial charge on any atom is 0.242 e. The Hall–Kier alpha value is -2.05.